The average molecular weight is 312 g/mol. The maximum atomic E-state index is 12.3. The smallest absolute Gasteiger partial charge is 0.281 e. The van der Waals surface area contributed by atoms with Crippen molar-refractivity contribution in [2.75, 3.05) is 45.7 Å². The summed E-state index contributed by atoms with van der Waals surface area (Å²) in [6.45, 7) is 7.63. The van der Waals surface area contributed by atoms with Crippen molar-refractivity contribution in [3.63, 3.8) is 0 Å². The molecule has 1 aliphatic rings. The molecule has 5 nitrogen and oxygen atoms in total. The van der Waals surface area contributed by atoms with Crippen LogP contribution in [0.25, 0.3) is 0 Å². The molecular weight excluding hydrogens is 286 g/mol. The third-order valence-electron chi connectivity index (χ3n) is 3.81. The Morgan fingerprint density at radius 2 is 1.84 bits per heavy atom. The van der Waals surface area contributed by atoms with E-state index in [-0.39, 0.29) is 0 Å². The van der Waals surface area contributed by atoms with Crippen molar-refractivity contribution < 1.29 is 8.42 Å². The van der Waals surface area contributed by atoms with Crippen molar-refractivity contribution >= 4 is 21.8 Å². The number of halogens is 1. The molecule has 0 aromatic carbocycles. The first-order valence-electron chi connectivity index (χ1n) is 6.94. The number of hydrogen-bond donors (Lipinski definition) is 0. The molecule has 1 aliphatic heterocycles. The van der Waals surface area contributed by atoms with Gasteiger partial charge in [-0.05, 0) is 19.8 Å². The zero-order valence-electron chi connectivity index (χ0n) is 12.2. The van der Waals surface area contributed by atoms with E-state index in [1.807, 2.05) is 0 Å². The van der Waals surface area contributed by atoms with E-state index in [4.69, 9.17) is 11.6 Å². The minimum absolute atomic E-state index is 0.484. The summed E-state index contributed by atoms with van der Waals surface area (Å²) in [5, 5.41) is 0. The molecule has 0 aromatic heterocycles. The molecule has 1 atom stereocenters. The Labute approximate surface area is 122 Å². The molecule has 0 radical (unpaired) electrons. The predicted octanol–water partition coefficient (Wildman–Crippen LogP) is 1.21. The van der Waals surface area contributed by atoms with E-state index in [9.17, 15) is 8.42 Å². The molecule has 0 amide bonds. The molecule has 0 bridgehead atoms. The van der Waals surface area contributed by atoms with E-state index >= 15 is 0 Å². The number of nitrogens with zero attached hydrogens (tertiary/aromatic N) is 3. The van der Waals surface area contributed by atoms with Crippen molar-refractivity contribution in [3.05, 3.63) is 0 Å². The van der Waals surface area contributed by atoms with Gasteiger partial charge in [-0.15, -0.1) is 11.6 Å². The molecule has 0 saturated carbocycles. The quantitative estimate of drug-likeness (QED) is 0.664. The van der Waals surface area contributed by atoms with Gasteiger partial charge in [0, 0.05) is 51.7 Å². The van der Waals surface area contributed by atoms with Crippen LogP contribution in [-0.4, -0.2) is 73.6 Å². The van der Waals surface area contributed by atoms with E-state index in [2.05, 4.69) is 18.7 Å². The van der Waals surface area contributed by atoms with E-state index in [1.54, 1.807) is 11.4 Å². The highest BCUT2D eigenvalue weighted by molar-refractivity contribution is 7.86. The van der Waals surface area contributed by atoms with Gasteiger partial charge in [-0.3, -0.25) is 4.90 Å². The summed E-state index contributed by atoms with van der Waals surface area (Å²) in [6, 6.07) is 0.527. The lowest BCUT2D eigenvalue weighted by Crippen LogP contribution is -2.54. The maximum Gasteiger partial charge on any atom is 0.281 e. The van der Waals surface area contributed by atoms with Gasteiger partial charge in [0.25, 0.3) is 10.2 Å². The summed E-state index contributed by atoms with van der Waals surface area (Å²) in [5.41, 5.74) is 0. The second-order valence-corrected chi connectivity index (χ2v) is 7.48. The van der Waals surface area contributed by atoms with Gasteiger partial charge in [0.1, 0.15) is 0 Å². The van der Waals surface area contributed by atoms with Crippen LogP contribution in [0.3, 0.4) is 0 Å². The number of alkyl halides is 1. The molecule has 1 unspecified atom stereocenters. The Morgan fingerprint density at radius 1 is 1.26 bits per heavy atom. The second-order valence-electron chi connectivity index (χ2n) is 5.06. The highest BCUT2D eigenvalue weighted by Crippen LogP contribution is 2.14. The molecule has 0 aliphatic carbocycles. The Balaban J connectivity index is 2.54. The molecule has 1 heterocycles. The van der Waals surface area contributed by atoms with Gasteiger partial charge >= 0.3 is 0 Å². The van der Waals surface area contributed by atoms with Crippen LogP contribution in [0.1, 0.15) is 26.7 Å². The minimum atomic E-state index is -3.31. The van der Waals surface area contributed by atoms with E-state index in [1.165, 1.54) is 4.31 Å². The van der Waals surface area contributed by atoms with Gasteiger partial charge in [0.15, 0.2) is 0 Å². The third kappa shape index (κ3) is 4.56. The summed E-state index contributed by atoms with van der Waals surface area (Å²) in [7, 11) is -1.68. The van der Waals surface area contributed by atoms with Crippen molar-refractivity contribution in [1.29, 1.82) is 0 Å². The van der Waals surface area contributed by atoms with Gasteiger partial charge < -0.3 is 0 Å². The fourth-order valence-electron chi connectivity index (χ4n) is 2.23. The maximum absolute atomic E-state index is 12.3. The Bertz CT molecular complexity index is 356. The topological polar surface area (TPSA) is 43.9 Å². The molecule has 0 aromatic rings. The van der Waals surface area contributed by atoms with Crippen LogP contribution in [0.2, 0.25) is 0 Å². The average Bonchev–Trinajstić information content (AvgIpc) is 2.43. The summed E-state index contributed by atoms with van der Waals surface area (Å²) >= 11 is 5.61. The van der Waals surface area contributed by atoms with Crippen LogP contribution < -0.4 is 0 Å². The number of rotatable bonds is 7. The zero-order chi connectivity index (χ0) is 14.5. The van der Waals surface area contributed by atoms with Crippen LogP contribution in [0.4, 0.5) is 0 Å². The lowest BCUT2D eigenvalue weighted by atomic mass is 10.2. The third-order valence-corrected chi connectivity index (χ3v) is 6.07. The SMILES string of the molecule is CCC(C)N1CCN(S(=O)(=O)N(C)CCCCl)CC1. The molecular formula is C12H26ClN3O2S. The Morgan fingerprint density at radius 3 is 2.32 bits per heavy atom. The summed E-state index contributed by atoms with van der Waals surface area (Å²) in [6.07, 6.45) is 1.78. The fraction of sp³-hybridized carbons (Fsp3) is 1.00. The Hall–Kier alpha value is 0.120. The highest BCUT2D eigenvalue weighted by Gasteiger charge is 2.30. The van der Waals surface area contributed by atoms with E-state index in [0.29, 0.717) is 38.0 Å². The lowest BCUT2D eigenvalue weighted by molar-refractivity contribution is 0.139. The van der Waals surface area contributed by atoms with Crippen LogP contribution in [0.5, 0.6) is 0 Å². The predicted molar refractivity (Wildman–Crippen MR) is 79.8 cm³/mol. The van der Waals surface area contributed by atoms with E-state index < -0.39 is 10.2 Å². The lowest BCUT2D eigenvalue weighted by Gasteiger charge is -2.38. The van der Waals surface area contributed by atoms with Crippen molar-refractivity contribution in [3.8, 4) is 0 Å². The van der Waals surface area contributed by atoms with Gasteiger partial charge in [-0.2, -0.15) is 17.0 Å². The van der Waals surface area contributed by atoms with Crippen LogP contribution in [0.15, 0.2) is 0 Å². The summed E-state index contributed by atoms with van der Waals surface area (Å²) in [5.74, 6) is 0.488. The molecule has 7 heteroatoms. The highest BCUT2D eigenvalue weighted by atomic mass is 35.5. The second kappa shape index (κ2) is 7.78. The first-order valence-corrected chi connectivity index (χ1v) is 8.88. The van der Waals surface area contributed by atoms with Crippen molar-refractivity contribution in [2.24, 2.45) is 0 Å². The van der Waals surface area contributed by atoms with Gasteiger partial charge in [-0.25, -0.2) is 0 Å². The standard InChI is InChI=1S/C12H26ClN3O2S/c1-4-12(2)15-8-10-16(11-9-15)19(17,18)14(3)7-5-6-13/h12H,4-11H2,1-3H3. The normalized spacial score (nSPS) is 20.9. The summed E-state index contributed by atoms with van der Waals surface area (Å²) < 4.78 is 27.6. The minimum Gasteiger partial charge on any atom is -0.298 e. The van der Waals surface area contributed by atoms with Gasteiger partial charge in [0.2, 0.25) is 0 Å². The van der Waals surface area contributed by atoms with Gasteiger partial charge in [-0.1, -0.05) is 6.92 Å². The van der Waals surface area contributed by atoms with Crippen LogP contribution in [-0.2, 0) is 10.2 Å². The molecule has 19 heavy (non-hydrogen) atoms. The first-order chi connectivity index (χ1) is 8.93. The van der Waals surface area contributed by atoms with Crippen LogP contribution in [0, 0.1) is 0 Å². The van der Waals surface area contributed by atoms with Crippen molar-refractivity contribution in [2.45, 2.75) is 32.7 Å². The summed E-state index contributed by atoms with van der Waals surface area (Å²) in [4.78, 5) is 2.35. The molecule has 1 saturated heterocycles. The van der Waals surface area contributed by atoms with Crippen LogP contribution >= 0.6 is 11.6 Å². The van der Waals surface area contributed by atoms with Gasteiger partial charge in [0.05, 0.1) is 0 Å². The molecule has 0 N–H and O–H groups in total. The molecule has 0 spiro atoms. The zero-order valence-corrected chi connectivity index (χ0v) is 13.8. The van der Waals surface area contributed by atoms with Crippen molar-refractivity contribution in [1.82, 2.24) is 13.5 Å². The Kier molecular flexibility index (Phi) is 7.04. The monoisotopic (exact) mass is 311 g/mol. The fourth-order valence-corrected chi connectivity index (χ4v) is 3.73. The number of hydrogen-bond acceptors (Lipinski definition) is 3. The van der Waals surface area contributed by atoms with E-state index in [0.717, 1.165) is 19.5 Å². The largest absolute Gasteiger partial charge is 0.298 e. The molecule has 1 fully saturated rings. The first kappa shape index (κ1) is 17.2. The molecule has 1 rings (SSSR count). The molecule has 114 valence electrons. The number of piperazine rings is 1.